The van der Waals surface area contributed by atoms with E-state index in [1.807, 2.05) is 6.08 Å². The van der Waals surface area contributed by atoms with Gasteiger partial charge in [-0.05, 0) is 42.4 Å². The van der Waals surface area contributed by atoms with Crippen LogP contribution in [0.5, 0.6) is 0 Å². The third kappa shape index (κ3) is 3.62. The molecule has 16 heavy (non-hydrogen) atoms. The van der Waals surface area contributed by atoms with Crippen LogP contribution in [-0.4, -0.2) is 11.2 Å². The van der Waals surface area contributed by atoms with E-state index in [1.54, 1.807) is 0 Å². The van der Waals surface area contributed by atoms with Gasteiger partial charge in [-0.2, -0.15) is 0 Å². The molecule has 0 amide bonds. The number of hydrogen-bond donors (Lipinski definition) is 1. The van der Waals surface area contributed by atoms with Crippen molar-refractivity contribution in [2.24, 2.45) is 23.2 Å². The third-order valence-corrected chi connectivity index (χ3v) is 3.86. The summed E-state index contributed by atoms with van der Waals surface area (Å²) in [6.07, 6.45) is 7.17. The number of aliphatic hydroxyl groups excluding tert-OH is 1. The van der Waals surface area contributed by atoms with Crippen LogP contribution >= 0.6 is 0 Å². The summed E-state index contributed by atoms with van der Waals surface area (Å²) < 4.78 is 0. The van der Waals surface area contributed by atoms with Crippen LogP contribution in [0.15, 0.2) is 12.2 Å². The molecule has 0 aliphatic heterocycles. The molecule has 3 unspecified atom stereocenters. The molecule has 1 heteroatoms. The lowest BCUT2D eigenvalue weighted by Crippen LogP contribution is -2.32. The van der Waals surface area contributed by atoms with Crippen LogP contribution in [-0.2, 0) is 0 Å². The first-order valence-corrected chi connectivity index (χ1v) is 6.67. The van der Waals surface area contributed by atoms with E-state index in [0.717, 1.165) is 31.1 Å². The van der Waals surface area contributed by atoms with Crippen molar-refractivity contribution < 1.29 is 5.11 Å². The Hall–Kier alpha value is -0.300. The van der Waals surface area contributed by atoms with Gasteiger partial charge in [0.25, 0.3) is 0 Å². The molecule has 1 nitrogen and oxygen atoms in total. The Morgan fingerprint density at radius 2 is 1.81 bits per heavy atom. The van der Waals surface area contributed by atoms with Gasteiger partial charge in [0.15, 0.2) is 0 Å². The van der Waals surface area contributed by atoms with Gasteiger partial charge < -0.3 is 5.11 Å². The zero-order valence-electron chi connectivity index (χ0n) is 11.5. The van der Waals surface area contributed by atoms with Crippen LogP contribution in [0.3, 0.4) is 0 Å². The molecule has 1 N–H and O–H groups in total. The van der Waals surface area contributed by atoms with Crippen molar-refractivity contribution in [3.05, 3.63) is 12.2 Å². The maximum atomic E-state index is 9.64. The Bertz CT molecular complexity index is 234. The summed E-state index contributed by atoms with van der Waals surface area (Å²) in [5.41, 5.74) is 0.363. The highest BCUT2D eigenvalue weighted by Gasteiger charge is 2.34. The van der Waals surface area contributed by atoms with Gasteiger partial charge in [0.1, 0.15) is 0 Å². The molecule has 0 radical (unpaired) electrons. The molecule has 0 fully saturated rings. The predicted octanol–water partition coefficient (Wildman–Crippen LogP) is 4.02. The second-order valence-corrected chi connectivity index (χ2v) is 6.70. The van der Waals surface area contributed by atoms with E-state index in [-0.39, 0.29) is 6.10 Å². The first-order chi connectivity index (χ1) is 7.32. The van der Waals surface area contributed by atoms with Gasteiger partial charge in [-0.25, -0.2) is 0 Å². The first kappa shape index (κ1) is 13.8. The van der Waals surface area contributed by atoms with Gasteiger partial charge in [0.2, 0.25) is 0 Å². The minimum absolute atomic E-state index is 0.210. The highest BCUT2D eigenvalue weighted by atomic mass is 16.3. The highest BCUT2D eigenvalue weighted by Crippen LogP contribution is 2.42. The van der Waals surface area contributed by atoms with Gasteiger partial charge in [-0.15, -0.1) is 0 Å². The molecule has 0 saturated carbocycles. The van der Waals surface area contributed by atoms with Gasteiger partial charge in [0.05, 0.1) is 6.10 Å². The van der Waals surface area contributed by atoms with Crippen LogP contribution in [0.2, 0.25) is 0 Å². The monoisotopic (exact) mass is 224 g/mol. The summed E-state index contributed by atoms with van der Waals surface area (Å²) in [6, 6.07) is 0. The molecule has 0 aromatic heterocycles. The van der Waals surface area contributed by atoms with Crippen molar-refractivity contribution >= 4 is 0 Å². The average molecular weight is 224 g/mol. The lowest BCUT2D eigenvalue weighted by atomic mass is 9.66. The topological polar surface area (TPSA) is 20.2 Å². The van der Waals surface area contributed by atoms with Crippen LogP contribution in [0.25, 0.3) is 0 Å². The number of rotatable bonds is 2. The van der Waals surface area contributed by atoms with E-state index in [4.69, 9.17) is 0 Å². The Morgan fingerprint density at radius 1 is 1.19 bits per heavy atom. The maximum Gasteiger partial charge on any atom is 0.0721 e. The van der Waals surface area contributed by atoms with Crippen molar-refractivity contribution in [1.82, 2.24) is 0 Å². The molecule has 0 bridgehead atoms. The van der Waals surface area contributed by atoms with Gasteiger partial charge in [0, 0.05) is 0 Å². The molecule has 1 aliphatic carbocycles. The largest absolute Gasteiger partial charge is 0.389 e. The molecule has 94 valence electrons. The standard InChI is InChI=1S/C15H28O/c1-11(2)14(15(3,4)5)12-7-6-8-13(16)10-9-12/h6,8,11-14,16H,7,9-10H2,1-5H3. The molecular formula is C15H28O. The molecule has 1 rings (SSSR count). The van der Waals surface area contributed by atoms with Gasteiger partial charge in [-0.3, -0.25) is 0 Å². The lowest BCUT2D eigenvalue weighted by molar-refractivity contribution is 0.0926. The fraction of sp³-hybridized carbons (Fsp3) is 0.867. The number of allylic oxidation sites excluding steroid dienone is 1. The second-order valence-electron chi connectivity index (χ2n) is 6.70. The SMILES string of the molecule is CC(C)C(C1CC=CC(O)CC1)C(C)(C)C. The minimum atomic E-state index is -0.210. The van der Waals surface area contributed by atoms with E-state index >= 15 is 0 Å². The Labute approximate surface area is 101 Å². The van der Waals surface area contributed by atoms with E-state index in [0.29, 0.717) is 11.3 Å². The fourth-order valence-electron chi connectivity index (χ4n) is 3.59. The van der Waals surface area contributed by atoms with Crippen molar-refractivity contribution in [2.75, 3.05) is 0 Å². The summed E-state index contributed by atoms with van der Waals surface area (Å²) in [7, 11) is 0. The number of aliphatic hydroxyl groups is 1. The van der Waals surface area contributed by atoms with Crippen molar-refractivity contribution in [2.45, 2.75) is 60.0 Å². The molecule has 0 spiro atoms. The van der Waals surface area contributed by atoms with E-state index in [1.165, 1.54) is 0 Å². The summed E-state index contributed by atoms with van der Waals surface area (Å²) in [4.78, 5) is 0. The Kier molecular flexibility index (Phi) is 4.61. The predicted molar refractivity (Wildman–Crippen MR) is 70.3 cm³/mol. The molecule has 0 aromatic carbocycles. The Balaban J connectivity index is 2.76. The zero-order chi connectivity index (χ0) is 12.3. The van der Waals surface area contributed by atoms with Crippen LogP contribution < -0.4 is 0 Å². The maximum absolute atomic E-state index is 9.64. The molecule has 0 saturated heterocycles. The van der Waals surface area contributed by atoms with E-state index in [2.05, 4.69) is 40.7 Å². The van der Waals surface area contributed by atoms with Gasteiger partial charge in [-0.1, -0.05) is 46.8 Å². The Morgan fingerprint density at radius 3 is 2.31 bits per heavy atom. The zero-order valence-corrected chi connectivity index (χ0v) is 11.5. The third-order valence-electron chi connectivity index (χ3n) is 3.86. The van der Waals surface area contributed by atoms with Crippen LogP contribution in [0.1, 0.15) is 53.9 Å². The molecule has 1 aliphatic rings. The van der Waals surface area contributed by atoms with Crippen molar-refractivity contribution in [3.63, 3.8) is 0 Å². The fourth-order valence-corrected chi connectivity index (χ4v) is 3.59. The summed E-state index contributed by atoms with van der Waals surface area (Å²) in [6.45, 7) is 11.7. The van der Waals surface area contributed by atoms with Crippen LogP contribution in [0, 0.1) is 23.2 Å². The molecule has 0 heterocycles. The molecular weight excluding hydrogens is 196 g/mol. The summed E-state index contributed by atoms with van der Waals surface area (Å²) in [5.74, 6) is 2.18. The summed E-state index contributed by atoms with van der Waals surface area (Å²) >= 11 is 0. The first-order valence-electron chi connectivity index (χ1n) is 6.67. The van der Waals surface area contributed by atoms with E-state index in [9.17, 15) is 5.11 Å². The quantitative estimate of drug-likeness (QED) is 0.702. The normalized spacial score (nSPS) is 29.2. The highest BCUT2D eigenvalue weighted by molar-refractivity contribution is 4.96. The molecule has 3 atom stereocenters. The summed E-state index contributed by atoms with van der Waals surface area (Å²) in [5, 5.41) is 9.64. The van der Waals surface area contributed by atoms with Crippen molar-refractivity contribution in [3.8, 4) is 0 Å². The molecule has 0 aromatic rings. The van der Waals surface area contributed by atoms with E-state index < -0.39 is 0 Å². The average Bonchev–Trinajstić information content (AvgIpc) is 2.28. The van der Waals surface area contributed by atoms with Crippen molar-refractivity contribution in [1.29, 1.82) is 0 Å². The second kappa shape index (κ2) is 5.35. The van der Waals surface area contributed by atoms with Gasteiger partial charge >= 0.3 is 0 Å². The number of hydrogen-bond acceptors (Lipinski definition) is 1. The van der Waals surface area contributed by atoms with Crippen LogP contribution in [0.4, 0.5) is 0 Å². The minimum Gasteiger partial charge on any atom is -0.389 e. The lowest BCUT2D eigenvalue weighted by Gasteiger charge is -2.40. The smallest absolute Gasteiger partial charge is 0.0721 e.